The molecule has 4 rings (SSSR count). The van der Waals surface area contributed by atoms with Crippen LogP contribution in [0.5, 0.6) is 10.9 Å². The lowest BCUT2D eigenvalue weighted by Crippen LogP contribution is -2.26. The highest BCUT2D eigenvalue weighted by molar-refractivity contribution is 7.16. The molecule has 4 aromatic rings. The van der Waals surface area contributed by atoms with Gasteiger partial charge in [0.15, 0.2) is 0 Å². The fourth-order valence-electron chi connectivity index (χ4n) is 2.70. The van der Waals surface area contributed by atoms with Crippen LogP contribution >= 0.6 is 11.3 Å². The van der Waals surface area contributed by atoms with Crippen molar-refractivity contribution in [3.8, 4) is 27.1 Å². The van der Waals surface area contributed by atoms with Crippen molar-refractivity contribution in [3.63, 3.8) is 0 Å². The van der Waals surface area contributed by atoms with Gasteiger partial charge in [0.25, 0.3) is 5.19 Å². The number of thiazole rings is 1. The molecule has 0 fully saturated rings. The molecule has 29 heavy (non-hydrogen) atoms. The Kier molecular flexibility index (Phi) is 5.53. The first-order chi connectivity index (χ1) is 14.2. The van der Waals surface area contributed by atoms with E-state index in [1.807, 2.05) is 59.3 Å². The number of nitrogens with zero attached hydrogens (tertiary/aromatic N) is 3. The van der Waals surface area contributed by atoms with Crippen molar-refractivity contribution in [2.75, 3.05) is 7.11 Å². The summed E-state index contributed by atoms with van der Waals surface area (Å²) in [5.41, 5.74) is 2.93. The van der Waals surface area contributed by atoms with E-state index in [1.165, 1.54) is 11.3 Å². The Hall–Kier alpha value is -3.65. The molecule has 0 saturated carbocycles. The van der Waals surface area contributed by atoms with Gasteiger partial charge in [-0.25, -0.2) is 14.8 Å². The topological polar surface area (TPSA) is 78.3 Å². The summed E-state index contributed by atoms with van der Waals surface area (Å²) in [6, 6.07) is 15.4. The lowest BCUT2D eigenvalue weighted by molar-refractivity contribution is 0.200. The monoisotopic (exact) mass is 406 g/mol. The van der Waals surface area contributed by atoms with Crippen LogP contribution in [0.1, 0.15) is 5.56 Å². The highest BCUT2D eigenvalue weighted by Crippen LogP contribution is 2.31. The Labute approximate surface area is 171 Å². The van der Waals surface area contributed by atoms with E-state index < -0.39 is 6.09 Å². The molecule has 8 heteroatoms. The van der Waals surface area contributed by atoms with Gasteiger partial charge < -0.3 is 19.4 Å². The van der Waals surface area contributed by atoms with E-state index in [2.05, 4.69) is 15.3 Å². The molecule has 1 amide bonds. The van der Waals surface area contributed by atoms with Gasteiger partial charge in [-0.15, -0.1) is 0 Å². The summed E-state index contributed by atoms with van der Waals surface area (Å²) in [5, 5.41) is 3.01. The second kappa shape index (κ2) is 8.57. The quantitative estimate of drug-likeness (QED) is 0.517. The van der Waals surface area contributed by atoms with Crippen LogP contribution in [-0.2, 0) is 6.54 Å². The third kappa shape index (κ3) is 4.61. The van der Waals surface area contributed by atoms with Crippen molar-refractivity contribution in [1.29, 1.82) is 0 Å². The van der Waals surface area contributed by atoms with Gasteiger partial charge in [0.1, 0.15) is 5.75 Å². The van der Waals surface area contributed by atoms with Crippen molar-refractivity contribution in [2.24, 2.45) is 0 Å². The molecule has 0 saturated heterocycles. The Morgan fingerprint density at radius 2 is 2.07 bits per heavy atom. The van der Waals surface area contributed by atoms with Gasteiger partial charge in [-0.05, 0) is 35.4 Å². The summed E-state index contributed by atoms with van der Waals surface area (Å²) in [7, 11) is 1.61. The van der Waals surface area contributed by atoms with Gasteiger partial charge >= 0.3 is 6.09 Å². The lowest BCUT2D eigenvalue weighted by Gasteiger charge is -2.05. The van der Waals surface area contributed by atoms with Crippen LogP contribution in [0.4, 0.5) is 4.79 Å². The minimum atomic E-state index is -0.547. The number of amides is 1. The Morgan fingerprint density at radius 1 is 1.21 bits per heavy atom. The minimum absolute atomic E-state index is 0.292. The standard InChI is InChI=1S/C21H18N4O3S/c1-27-18-7-5-15(6-8-18)12-23-20(26)28-21-24-13-19(29-21)16-3-2-4-17(11-16)25-10-9-22-14-25/h2-11,13-14H,12H2,1H3,(H,23,26). The van der Waals surface area contributed by atoms with Crippen molar-refractivity contribution in [3.05, 3.63) is 79.0 Å². The van der Waals surface area contributed by atoms with Gasteiger partial charge in [0, 0.05) is 30.8 Å². The highest BCUT2D eigenvalue weighted by Gasteiger charge is 2.11. The molecule has 0 radical (unpaired) electrons. The SMILES string of the molecule is COc1ccc(CNC(=O)Oc2ncc(-c3cccc(-n4ccnc4)c3)s2)cc1. The predicted molar refractivity (Wildman–Crippen MR) is 111 cm³/mol. The van der Waals surface area contributed by atoms with Crippen molar-refractivity contribution in [2.45, 2.75) is 6.54 Å². The number of hydrogen-bond donors (Lipinski definition) is 1. The fraction of sp³-hybridized carbons (Fsp3) is 0.0952. The third-order valence-electron chi connectivity index (χ3n) is 4.19. The number of imidazole rings is 1. The number of methoxy groups -OCH3 is 1. The summed E-state index contributed by atoms with van der Waals surface area (Å²) in [6.45, 7) is 0.355. The minimum Gasteiger partial charge on any atom is -0.497 e. The van der Waals surface area contributed by atoms with Crippen LogP contribution in [0, 0.1) is 0 Å². The number of carbonyl (C=O) groups is 1. The largest absolute Gasteiger partial charge is 0.497 e. The van der Waals surface area contributed by atoms with Gasteiger partial charge in [-0.1, -0.05) is 35.6 Å². The van der Waals surface area contributed by atoms with Gasteiger partial charge in [-0.3, -0.25) is 0 Å². The highest BCUT2D eigenvalue weighted by atomic mass is 32.1. The van der Waals surface area contributed by atoms with Gasteiger partial charge in [-0.2, -0.15) is 0 Å². The third-order valence-corrected chi connectivity index (χ3v) is 5.12. The normalized spacial score (nSPS) is 10.5. The number of rotatable bonds is 6. The zero-order valence-corrected chi connectivity index (χ0v) is 16.4. The van der Waals surface area contributed by atoms with E-state index in [0.29, 0.717) is 11.7 Å². The molecule has 0 atom stereocenters. The van der Waals surface area contributed by atoms with Crippen LogP contribution in [0.15, 0.2) is 73.4 Å². The number of nitrogens with one attached hydrogen (secondary N) is 1. The van der Waals surface area contributed by atoms with E-state index in [0.717, 1.165) is 27.4 Å². The van der Waals surface area contributed by atoms with E-state index in [9.17, 15) is 4.79 Å². The number of carbonyl (C=O) groups excluding carboxylic acids is 1. The Balaban J connectivity index is 1.37. The molecule has 1 N–H and O–H groups in total. The first kappa shape index (κ1) is 18.7. The van der Waals surface area contributed by atoms with Crippen LogP contribution in [-0.4, -0.2) is 27.7 Å². The Morgan fingerprint density at radius 3 is 2.83 bits per heavy atom. The number of ether oxygens (including phenoxy) is 2. The van der Waals surface area contributed by atoms with E-state index in [1.54, 1.807) is 25.8 Å². The van der Waals surface area contributed by atoms with E-state index in [4.69, 9.17) is 9.47 Å². The maximum Gasteiger partial charge on any atom is 0.414 e. The first-order valence-corrected chi connectivity index (χ1v) is 9.66. The molecule has 0 aliphatic heterocycles. The Bertz CT molecular complexity index is 1090. The molecule has 2 heterocycles. The molecule has 7 nitrogen and oxygen atoms in total. The number of hydrogen-bond acceptors (Lipinski definition) is 6. The number of benzene rings is 2. The molecule has 0 spiro atoms. The van der Waals surface area contributed by atoms with Gasteiger partial charge in [0.2, 0.25) is 0 Å². The maximum atomic E-state index is 12.1. The molecule has 2 aromatic heterocycles. The average molecular weight is 406 g/mol. The molecule has 2 aromatic carbocycles. The van der Waals surface area contributed by atoms with Crippen molar-refractivity contribution in [1.82, 2.24) is 19.9 Å². The number of aromatic nitrogens is 3. The summed E-state index contributed by atoms with van der Waals surface area (Å²) < 4.78 is 12.3. The molecular weight excluding hydrogens is 388 g/mol. The maximum absolute atomic E-state index is 12.1. The van der Waals surface area contributed by atoms with Crippen LogP contribution in [0.25, 0.3) is 16.1 Å². The summed E-state index contributed by atoms with van der Waals surface area (Å²) in [6.07, 6.45) is 6.51. The second-order valence-electron chi connectivity index (χ2n) is 6.10. The van der Waals surface area contributed by atoms with Crippen molar-refractivity contribution >= 4 is 17.4 Å². The molecule has 0 aliphatic rings. The average Bonchev–Trinajstić information content (AvgIpc) is 3.45. The molecule has 0 unspecified atom stereocenters. The molecule has 0 bridgehead atoms. The van der Waals surface area contributed by atoms with E-state index in [-0.39, 0.29) is 0 Å². The van der Waals surface area contributed by atoms with Crippen LogP contribution in [0.2, 0.25) is 0 Å². The predicted octanol–water partition coefficient (Wildman–Crippen LogP) is 4.29. The molecule has 146 valence electrons. The van der Waals surface area contributed by atoms with Crippen molar-refractivity contribution < 1.29 is 14.3 Å². The lowest BCUT2D eigenvalue weighted by atomic mass is 10.2. The summed E-state index contributed by atoms with van der Waals surface area (Å²) in [5.74, 6) is 0.767. The van der Waals surface area contributed by atoms with Gasteiger partial charge in [0.05, 0.1) is 18.3 Å². The smallest absolute Gasteiger partial charge is 0.414 e. The summed E-state index contributed by atoms with van der Waals surface area (Å²) >= 11 is 1.31. The zero-order valence-electron chi connectivity index (χ0n) is 15.6. The van der Waals surface area contributed by atoms with E-state index >= 15 is 0 Å². The zero-order chi connectivity index (χ0) is 20.1. The van der Waals surface area contributed by atoms with Crippen LogP contribution < -0.4 is 14.8 Å². The molecule has 0 aliphatic carbocycles. The first-order valence-electron chi connectivity index (χ1n) is 8.84. The van der Waals surface area contributed by atoms with Crippen LogP contribution in [0.3, 0.4) is 0 Å². The fourth-order valence-corrected chi connectivity index (χ4v) is 3.46. The molecular formula is C21H18N4O3S. The summed E-state index contributed by atoms with van der Waals surface area (Å²) in [4.78, 5) is 21.2. The second-order valence-corrected chi connectivity index (χ2v) is 7.10.